The second-order valence-corrected chi connectivity index (χ2v) is 6.72. The Hall–Kier alpha value is -3.18. The first-order valence-corrected chi connectivity index (χ1v) is 9.13. The summed E-state index contributed by atoms with van der Waals surface area (Å²) in [5.41, 5.74) is 2.41. The summed E-state index contributed by atoms with van der Waals surface area (Å²) >= 11 is 0. The van der Waals surface area contributed by atoms with Crippen molar-refractivity contribution in [2.24, 2.45) is 0 Å². The van der Waals surface area contributed by atoms with E-state index in [9.17, 15) is 9.18 Å². The summed E-state index contributed by atoms with van der Waals surface area (Å²) in [7, 11) is 3.53. The van der Waals surface area contributed by atoms with Crippen LogP contribution in [-0.2, 0) is 11.3 Å². The van der Waals surface area contributed by atoms with E-state index >= 15 is 0 Å². The molecule has 0 saturated carbocycles. The van der Waals surface area contributed by atoms with Crippen LogP contribution in [0, 0.1) is 5.82 Å². The number of carbonyl (C=O) groups excluding carboxylic acids is 1. The molecule has 0 aliphatic carbocycles. The number of quaternary nitrogens is 1. The molecule has 1 unspecified atom stereocenters. The number of carbonyl (C=O) groups is 1. The van der Waals surface area contributed by atoms with Gasteiger partial charge in [0.2, 0.25) is 0 Å². The summed E-state index contributed by atoms with van der Waals surface area (Å²) in [5, 5.41) is 2.98. The van der Waals surface area contributed by atoms with E-state index in [1.54, 1.807) is 19.2 Å². The third kappa shape index (κ3) is 4.96. The lowest BCUT2D eigenvalue weighted by Gasteiger charge is -2.25. The highest BCUT2D eigenvalue weighted by atomic mass is 19.1. The molecule has 144 valence electrons. The van der Waals surface area contributed by atoms with Crippen molar-refractivity contribution in [1.82, 2.24) is 0 Å². The van der Waals surface area contributed by atoms with Gasteiger partial charge in [-0.25, -0.2) is 4.39 Å². The first-order chi connectivity index (χ1) is 13.6. The van der Waals surface area contributed by atoms with Gasteiger partial charge in [0.25, 0.3) is 5.91 Å². The number of anilines is 1. The van der Waals surface area contributed by atoms with Crippen LogP contribution in [0.3, 0.4) is 0 Å². The van der Waals surface area contributed by atoms with Gasteiger partial charge in [0.15, 0.2) is 6.04 Å². The highest BCUT2D eigenvalue weighted by Gasteiger charge is 2.29. The molecular weight excluding hydrogens is 355 g/mol. The number of ether oxygens (including phenoxy) is 1. The number of halogens is 1. The maximum atomic E-state index is 13.6. The second-order valence-electron chi connectivity index (χ2n) is 6.72. The van der Waals surface area contributed by atoms with Crippen molar-refractivity contribution in [2.75, 3.05) is 19.5 Å². The number of likely N-dealkylation sites (N-methyl/N-ethyl adjacent to an activating group) is 1. The number of hydrogen-bond donors (Lipinski definition) is 2. The van der Waals surface area contributed by atoms with Crippen LogP contribution in [0.25, 0.3) is 0 Å². The largest absolute Gasteiger partial charge is 0.497 e. The zero-order chi connectivity index (χ0) is 19.9. The van der Waals surface area contributed by atoms with Crippen molar-refractivity contribution in [2.45, 2.75) is 12.6 Å². The summed E-state index contributed by atoms with van der Waals surface area (Å²) in [6, 6.07) is 22.9. The first kappa shape index (κ1) is 19.6. The molecule has 1 amide bonds. The minimum absolute atomic E-state index is 0.131. The lowest BCUT2D eigenvalue weighted by Crippen LogP contribution is -3.09. The van der Waals surface area contributed by atoms with E-state index in [4.69, 9.17) is 4.74 Å². The van der Waals surface area contributed by atoms with Gasteiger partial charge < -0.3 is 15.0 Å². The van der Waals surface area contributed by atoms with Gasteiger partial charge in [-0.05, 0) is 24.3 Å². The number of rotatable bonds is 7. The van der Waals surface area contributed by atoms with Crippen molar-refractivity contribution in [3.05, 3.63) is 95.8 Å². The van der Waals surface area contributed by atoms with E-state index in [-0.39, 0.29) is 11.7 Å². The number of nitrogens with one attached hydrogen (secondary N) is 2. The molecule has 0 aromatic heterocycles. The summed E-state index contributed by atoms with van der Waals surface area (Å²) in [4.78, 5) is 14.1. The van der Waals surface area contributed by atoms with Gasteiger partial charge in [-0.2, -0.15) is 0 Å². The van der Waals surface area contributed by atoms with E-state index < -0.39 is 6.04 Å². The van der Waals surface area contributed by atoms with E-state index in [1.807, 2.05) is 61.6 Å². The fourth-order valence-electron chi connectivity index (χ4n) is 3.29. The number of amides is 1. The van der Waals surface area contributed by atoms with Crippen molar-refractivity contribution in [3.63, 3.8) is 0 Å². The maximum Gasteiger partial charge on any atom is 0.287 e. The van der Waals surface area contributed by atoms with Crippen LogP contribution >= 0.6 is 0 Å². The van der Waals surface area contributed by atoms with Crippen LogP contribution in [0.2, 0.25) is 0 Å². The standard InChI is InChI=1S/C23H23FN2O2/c1-26(16-17-8-6-11-19(24)14-17)22(18-9-4-3-5-10-18)23(27)25-20-12-7-13-21(15-20)28-2/h3-15,22H,16H2,1-2H3,(H,25,27)/p+1/t22-/m1/s1. The Kier molecular flexibility index (Phi) is 6.40. The molecule has 0 aliphatic heterocycles. The Morgan fingerprint density at radius 3 is 2.50 bits per heavy atom. The van der Waals surface area contributed by atoms with Crippen LogP contribution in [0.5, 0.6) is 5.75 Å². The molecule has 2 atom stereocenters. The van der Waals surface area contributed by atoms with Crippen LogP contribution < -0.4 is 15.0 Å². The predicted molar refractivity (Wildman–Crippen MR) is 108 cm³/mol. The minimum atomic E-state index is -0.448. The molecule has 0 bridgehead atoms. The molecule has 2 N–H and O–H groups in total. The van der Waals surface area contributed by atoms with Crippen molar-refractivity contribution >= 4 is 11.6 Å². The van der Waals surface area contributed by atoms with Crippen molar-refractivity contribution in [3.8, 4) is 5.75 Å². The highest BCUT2D eigenvalue weighted by Crippen LogP contribution is 2.19. The zero-order valence-electron chi connectivity index (χ0n) is 16.0. The molecule has 0 spiro atoms. The SMILES string of the molecule is COc1cccc(NC(=O)[C@@H](c2ccccc2)[NH+](C)Cc2cccc(F)c2)c1. The molecule has 28 heavy (non-hydrogen) atoms. The summed E-state index contributed by atoms with van der Waals surface area (Å²) in [6.45, 7) is 0.517. The van der Waals surface area contributed by atoms with Gasteiger partial charge in [-0.3, -0.25) is 4.79 Å². The van der Waals surface area contributed by atoms with Crippen LogP contribution in [0.1, 0.15) is 17.2 Å². The Morgan fingerprint density at radius 1 is 1.04 bits per heavy atom. The topological polar surface area (TPSA) is 42.8 Å². The summed E-state index contributed by atoms with van der Waals surface area (Å²) < 4.78 is 18.8. The van der Waals surface area contributed by atoms with Crippen molar-refractivity contribution in [1.29, 1.82) is 0 Å². The molecule has 4 nitrogen and oxygen atoms in total. The van der Waals surface area contributed by atoms with E-state index in [0.717, 1.165) is 16.0 Å². The van der Waals surface area contributed by atoms with E-state index in [1.165, 1.54) is 12.1 Å². The number of hydrogen-bond acceptors (Lipinski definition) is 2. The Labute approximate surface area is 164 Å². The fraction of sp³-hybridized carbons (Fsp3) is 0.174. The average Bonchev–Trinajstić information content (AvgIpc) is 2.69. The first-order valence-electron chi connectivity index (χ1n) is 9.13. The number of methoxy groups -OCH3 is 1. The minimum Gasteiger partial charge on any atom is -0.497 e. The normalized spacial score (nSPS) is 12.8. The van der Waals surface area contributed by atoms with Crippen LogP contribution in [0.4, 0.5) is 10.1 Å². The molecule has 0 saturated heterocycles. The van der Waals surface area contributed by atoms with Gasteiger partial charge >= 0.3 is 0 Å². The Balaban J connectivity index is 1.85. The third-order valence-electron chi connectivity index (χ3n) is 4.60. The van der Waals surface area contributed by atoms with E-state index in [0.29, 0.717) is 18.0 Å². The highest BCUT2D eigenvalue weighted by molar-refractivity contribution is 5.94. The molecule has 3 aromatic rings. The maximum absolute atomic E-state index is 13.6. The molecule has 3 rings (SSSR count). The van der Waals surface area contributed by atoms with Crippen molar-refractivity contribution < 1.29 is 18.8 Å². The third-order valence-corrected chi connectivity index (χ3v) is 4.60. The quantitative estimate of drug-likeness (QED) is 0.662. The van der Waals surface area contributed by atoms with Crippen LogP contribution in [-0.4, -0.2) is 20.1 Å². The van der Waals surface area contributed by atoms with Gasteiger partial charge in [0.05, 0.1) is 14.2 Å². The van der Waals surface area contributed by atoms with Gasteiger partial charge in [0.1, 0.15) is 18.1 Å². The monoisotopic (exact) mass is 379 g/mol. The molecule has 0 aliphatic rings. The number of benzene rings is 3. The molecule has 5 heteroatoms. The predicted octanol–water partition coefficient (Wildman–Crippen LogP) is 3.23. The Morgan fingerprint density at radius 2 is 1.79 bits per heavy atom. The lowest BCUT2D eigenvalue weighted by atomic mass is 10.0. The van der Waals surface area contributed by atoms with Gasteiger partial charge in [-0.15, -0.1) is 0 Å². The van der Waals surface area contributed by atoms with E-state index in [2.05, 4.69) is 5.32 Å². The molecular formula is C23H24FN2O2+. The molecule has 0 radical (unpaired) electrons. The second kappa shape index (κ2) is 9.15. The molecule has 0 heterocycles. The van der Waals surface area contributed by atoms with Gasteiger partial charge in [0, 0.05) is 22.9 Å². The lowest BCUT2D eigenvalue weighted by molar-refractivity contribution is -0.915. The average molecular weight is 379 g/mol. The Bertz CT molecular complexity index is 931. The molecule has 3 aromatic carbocycles. The zero-order valence-corrected chi connectivity index (χ0v) is 16.0. The molecule has 0 fully saturated rings. The van der Waals surface area contributed by atoms with Crippen LogP contribution in [0.15, 0.2) is 78.9 Å². The smallest absolute Gasteiger partial charge is 0.287 e. The fourth-order valence-corrected chi connectivity index (χ4v) is 3.29. The summed E-state index contributed by atoms with van der Waals surface area (Å²) in [5.74, 6) is 0.269. The summed E-state index contributed by atoms with van der Waals surface area (Å²) in [6.07, 6.45) is 0. The van der Waals surface area contributed by atoms with Gasteiger partial charge in [-0.1, -0.05) is 48.5 Å².